The standard InChI is InChI=1S/C54H30O4.C18H12BO3.C18H8Br2O2.2CH4/c1-3-7-31(8-4-1)33-11-17-45-39(25-33)41-27-35(13-19-47(41)55-45)37-15-21-49-43(29-37)53-51(57-49)23-24-52-54(53)44-30-38(16-22-50(44)58-52)36-14-20-48-42(28-36)40-26-34(12-18-46(40)56-48)32-9-5-2-6-10-32;20-19-22-14-7-9-18-16(11-14)15-10-13(6-8-17(15)21-18)12-4-2-1-3-5-12;19-9-1-3-13-11(7-9)17-15(21-13)5-6-16-18(17)12-8-10(20)2-4-14(12)22-16;;/h1-30H;1-11,20H;1-8H;2*1H4. The van der Waals surface area contributed by atoms with Crippen molar-refractivity contribution in [1.29, 1.82) is 0 Å². The second-order valence-electron chi connectivity index (χ2n) is 25.6. The van der Waals surface area contributed by atoms with Crippen molar-refractivity contribution in [2.45, 2.75) is 14.9 Å². The molecule has 0 unspecified atom stereocenters. The van der Waals surface area contributed by atoms with Gasteiger partial charge >= 0.3 is 7.69 Å². The smallest absolute Gasteiger partial charge is 0.537 e. The number of hydrogen-bond acceptors (Lipinski definition) is 9. The summed E-state index contributed by atoms with van der Waals surface area (Å²) in [5.74, 6) is 0.572. The highest BCUT2D eigenvalue weighted by molar-refractivity contribution is 9.10. The van der Waals surface area contributed by atoms with Crippen molar-refractivity contribution in [2.75, 3.05) is 0 Å². The van der Waals surface area contributed by atoms with Crippen LogP contribution in [0.1, 0.15) is 14.9 Å². The molecule has 7 heterocycles. The summed E-state index contributed by atoms with van der Waals surface area (Å²) >= 11 is 7.09. The van der Waals surface area contributed by atoms with Gasteiger partial charge in [0.15, 0.2) is 0 Å². The van der Waals surface area contributed by atoms with Crippen LogP contribution in [0.4, 0.5) is 0 Å². The molecule has 104 heavy (non-hydrogen) atoms. The van der Waals surface area contributed by atoms with Gasteiger partial charge in [0.25, 0.3) is 0 Å². The Morgan fingerprint density at radius 3 is 0.712 bits per heavy atom. The maximum absolute atomic E-state index is 8.78. The molecule has 9 nitrogen and oxygen atoms in total. The number of hydrogen-bond donors (Lipinski definition) is 1. The van der Waals surface area contributed by atoms with Gasteiger partial charge in [-0.2, -0.15) is 0 Å². The van der Waals surface area contributed by atoms with Gasteiger partial charge in [-0.25, -0.2) is 0 Å². The third kappa shape index (κ3) is 10.9. The lowest BCUT2D eigenvalue weighted by Gasteiger charge is -2.04. The second kappa shape index (κ2) is 25.6. The SMILES string of the molecule is Brc1ccc2oc3ccc4oc5ccc(Br)cc5c4c3c2c1.C.C.O[B]Oc1ccc2oc3ccc(-c4ccccc4)cc3c2c1.c1ccc(-c2ccc3oc4ccc(-c5ccc6oc7ccc8oc9ccc(-c%10ccc%11oc%12ccc(-c%13ccccc%13)cc%12c%11c%10)cc9c8c7c6c5)cc4c3c2)cc1. The molecule has 1 radical (unpaired) electrons. The van der Waals surface area contributed by atoms with Crippen LogP contribution in [0.2, 0.25) is 0 Å². The Bertz CT molecular complexity index is 6770. The number of rotatable bonds is 7. The van der Waals surface area contributed by atoms with Crippen LogP contribution < -0.4 is 4.65 Å². The van der Waals surface area contributed by atoms with E-state index in [0.717, 1.165) is 196 Å². The van der Waals surface area contributed by atoms with E-state index in [1.807, 2.05) is 97.1 Å². The first kappa shape index (κ1) is 63.8. The maximum atomic E-state index is 8.78. The third-order valence-electron chi connectivity index (χ3n) is 19.6. The van der Waals surface area contributed by atoms with E-state index in [1.165, 1.54) is 22.3 Å². The molecule has 15 aromatic carbocycles. The van der Waals surface area contributed by atoms with Crippen molar-refractivity contribution in [3.63, 3.8) is 0 Å². The molecule has 12 heteroatoms. The van der Waals surface area contributed by atoms with Gasteiger partial charge in [0.05, 0.1) is 0 Å². The van der Waals surface area contributed by atoms with Crippen molar-refractivity contribution in [3.8, 4) is 61.4 Å². The molecule has 0 atom stereocenters. The lowest BCUT2D eigenvalue weighted by Crippen LogP contribution is -1.98. The number of furan rings is 7. The van der Waals surface area contributed by atoms with Crippen molar-refractivity contribution in [1.82, 2.24) is 0 Å². The predicted molar refractivity (Wildman–Crippen MR) is 435 cm³/mol. The van der Waals surface area contributed by atoms with Gasteiger partial charge < -0.3 is 40.6 Å². The molecule has 0 aliphatic rings. The largest absolute Gasteiger partial charge is 0.569 e. The molecule has 0 saturated carbocycles. The Balaban J connectivity index is 0.000000137. The van der Waals surface area contributed by atoms with Crippen LogP contribution in [-0.4, -0.2) is 12.7 Å². The molecule has 0 amide bonds. The minimum atomic E-state index is 0. The van der Waals surface area contributed by atoms with Crippen molar-refractivity contribution in [3.05, 3.63) is 306 Å². The van der Waals surface area contributed by atoms with Gasteiger partial charge in [-0.05, 0) is 219 Å². The Hall–Kier alpha value is -12.3. The Morgan fingerprint density at radius 1 is 0.212 bits per heavy atom. The molecule has 0 saturated heterocycles. The van der Waals surface area contributed by atoms with Gasteiger partial charge in [-0.1, -0.05) is 180 Å². The molecule has 1 N–H and O–H groups in total. The van der Waals surface area contributed by atoms with Crippen molar-refractivity contribution in [2.24, 2.45) is 0 Å². The van der Waals surface area contributed by atoms with E-state index >= 15 is 0 Å². The molecule has 0 aliphatic heterocycles. The summed E-state index contributed by atoms with van der Waals surface area (Å²) in [6.07, 6.45) is 0. The average molecular weight is 1480 g/mol. The molecule has 497 valence electrons. The molecule has 0 fully saturated rings. The molecular formula is C92H58BBr2O9. The number of halogens is 2. The van der Waals surface area contributed by atoms with Crippen LogP contribution in [-0.2, 0) is 0 Å². The first-order chi connectivity index (χ1) is 50.2. The zero-order valence-corrected chi connectivity index (χ0v) is 57.0. The fourth-order valence-electron chi connectivity index (χ4n) is 14.8. The Labute approximate surface area is 611 Å². The monoisotopic (exact) mass is 1480 g/mol. The van der Waals surface area contributed by atoms with E-state index < -0.39 is 0 Å². The van der Waals surface area contributed by atoms with Gasteiger partial charge in [0.2, 0.25) is 0 Å². The van der Waals surface area contributed by atoms with Crippen molar-refractivity contribution < 1.29 is 40.6 Å². The molecule has 0 spiro atoms. The van der Waals surface area contributed by atoms with Gasteiger partial charge in [0.1, 0.15) is 83.9 Å². The predicted octanol–water partition coefficient (Wildman–Crippen LogP) is 28.4. The van der Waals surface area contributed by atoms with E-state index in [1.54, 1.807) is 6.07 Å². The molecule has 0 aliphatic carbocycles. The average Bonchev–Trinajstić information content (AvgIpc) is 1.59. The minimum Gasteiger partial charge on any atom is -0.537 e. The summed E-state index contributed by atoms with van der Waals surface area (Å²) in [5, 5.41) is 23.8. The molecule has 7 aromatic heterocycles. The summed E-state index contributed by atoms with van der Waals surface area (Å²) in [6.45, 7) is 0. The summed E-state index contributed by atoms with van der Waals surface area (Å²) in [5.41, 5.74) is 23.4. The highest BCUT2D eigenvalue weighted by Crippen LogP contribution is 2.46. The summed E-state index contributed by atoms with van der Waals surface area (Å²) < 4.78 is 50.6. The zero-order chi connectivity index (χ0) is 67.7. The first-order valence-electron chi connectivity index (χ1n) is 33.4. The molecule has 22 aromatic rings. The normalized spacial score (nSPS) is 11.6. The van der Waals surface area contributed by atoms with Crippen molar-refractivity contribution >= 4 is 193 Å². The van der Waals surface area contributed by atoms with Gasteiger partial charge in [-0.15, -0.1) is 0 Å². The molecule has 22 rings (SSSR count). The summed E-state index contributed by atoms with van der Waals surface area (Å²) in [6, 6.07) is 102. The summed E-state index contributed by atoms with van der Waals surface area (Å²) in [4.78, 5) is 0. The van der Waals surface area contributed by atoms with Gasteiger partial charge in [-0.3, -0.25) is 0 Å². The highest BCUT2D eigenvalue weighted by atomic mass is 79.9. The molecular weight excluding hydrogens is 1420 g/mol. The fourth-order valence-corrected chi connectivity index (χ4v) is 15.5. The molecule has 0 bridgehead atoms. The lowest BCUT2D eigenvalue weighted by molar-refractivity contribution is 0.454. The number of fused-ring (bicyclic) bond motifs is 23. The van der Waals surface area contributed by atoms with Crippen LogP contribution >= 0.6 is 31.9 Å². The Morgan fingerprint density at radius 2 is 0.423 bits per heavy atom. The second-order valence-corrected chi connectivity index (χ2v) is 27.4. The van der Waals surface area contributed by atoms with Gasteiger partial charge in [0, 0.05) is 84.4 Å². The summed E-state index contributed by atoms with van der Waals surface area (Å²) in [7, 11) is 0.679. The first-order valence-corrected chi connectivity index (χ1v) is 35.0. The number of benzene rings is 15. The van der Waals surface area contributed by atoms with Crippen LogP contribution in [0.25, 0.3) is 209 Å². The zero-order valence-electron chi connectivity index (χ0n) is 53.8. The van der Waals surface area contributed by atoms with Crippen LogP contribution in [0, 0.1) is 0 Å². The van der Waals surface area contributed by atoms with E-state index in [0.29, 0.717) is 13.4 Å². The van der Waals surface area contributed by atoms with Crippen LogP contribution in [0.15, 0.2) is 337 Å². The lowest BCUT2D eigenvalue weighted by atomic mass is 9.97. The van der Waals surface area contributed by atoms with E-state index in [9.17, 15) is 0 Å². The van der Waals surface area contributed by atoms with Crippen LogP contribution in [0.5, 0.6) is 5.75 Å². The van der Waals surface area contributed by atoms with E-state index in [2.05, 4.69) is 226 Å². The fraction of sp³-hybridized carbons (Fsp3) is 0.0217. The maximum Gasteiger partial charge on any atom is 0.569 e. The minimum absolute atomic E-state index is 0. The topological polar surface area (TPSA) is 121 Å². The highest BCUT2D eigenvalue weighted by Gasteiger charge is 2.22. The quantitative estimate of drug-likeness (QED) is 0.155. The van der Waals surface area contributed by atoms with Crippen LogP contribution in [0.3, 0.4) is 0 Å². The van der Waals surface area contributed by atoms with E-state index in [4.69, 9.17) is 40.6 Å². The third-order valence-corrected chi connectivity index (χ3v) is 20.6. The Kier molecular flexibility index (Phi) is 15.7. The van der Waals surface area contributed by atoms with E-state index in [-0.39, 0.29) is 14.9 Å².